The maximum absolute atomic E-state index is 10.6. The van der Waals surface area contributed by atoms with E-state index < -0.39 is 6.10 Å². The number of hydrogen-bond acceptors (Lipinski definition) is 5. The highest BCUT2D eigenvalue weighted by Gasteiger charge is 2.15. The number of ether oxygens (including phenoxy) is 1. The predicted octanol–water partition coefficient (Wildman–Crippen LogP) is 4.40. The Bertz CT molecular complexity index is 905. The number of anilines is 1. The van der Waals surface area contributed by atoms with Crippen LogP contribution in [0.2, 0.25) is 0 Å². The van der Waals surface area contributed by atoms with Crippen LogP contribution in [0.15, 0.2) is 65.3 Å². The average Bonchev–Trinajstić information content (AvgIpc) is 3.20. The summed E-state index contributed by atoms with van der Waals surface area (Å²) in [4.78, 5) is 4.26. The van der Waals surface area contributed by atoms with Crippen molar-refractivity contribution in [2.24, 2.45) is 0 Å². The van der Waals surface area contributed by atoms with Crippen LogP contribution in [0.1, 0.15) is 22.5 Å². The summed E-state index contributed by atoms with van der Waals surface area (Å²) in [5.74, 6) is 1.69. The van der Waals surface area contributed by atoms with Crippen molar-refractivity contribution >= 4 is 5.69 Å². The normalized spacial score (nSPS) is 12.2. The standard InChI is InChI=1S/C25H32N2O3/c1-19-7-12-25(20(2)14-19)30-18-23(28)16-27(17-24-6-5-13-29-24)15-21-8-10-22(11-9-21)26(3)4/h5-14,23,28H,15-18H2,1-4H3. The molecule has 3 rings (SSSR count). The third kappa shape index (κ3) is 6.37. The lowest BCUT2D eigenvalue weighted by molar-refractivity contribution is 0.0602. The highest BCUT2D eigenvalue weighted by Crippen LogP contribution is 2.20. The number of aryl methyl sites for hydroxylation is 2. The summed E-state index contributed by atoms with van der Waals surface area (Å²) in [5, 5.41) is 10.6. The Labute approximate surface area is 179 Å². The first-order valence-electron chi connectivity index (χ1n) is 10.3. The van der Waals surface area contributed by atoms with Crippen molar-refractivity contribution in [1.82, 2.24) is 4.90 Å². The maximum atomic E-state index is 10.6. The molecule has 0 aliphatic heterocycles. The van der Waals surface area contributed by atoms with Crippen LogP contribution in [0, 0.1) is 13.8 Å². The monoisotopic (exact) mass is 408 g/mol. The Balaban J connectivity index is 1.62. The van der Waals surface area contributed by atoms with Gasteiger partial charge in [0.05, 0.1) is 12.8 Å². The minimum absolute atomic E-state index is 0.248. The highest BCUT2D eigenvalue weighted by atomic mass is 16.5. The number of benzene rings is 2. The molecule has 1 unspecified atom stereocenters. The van der Waals surface area contributed by atoms with Crippen molar-refractivity contribution in [2.75, 3.05) is 32.1 Å². The van der Waals surface area contributed by atoms with E-state index in [1.54, 1.807) is 6.26 Å². The van der Waals surface area contributed by atoms with E-state index in [0.29, 0.717) is 13.1 Å². The van der Waals surface area contributed by atoms with Gasteiger partial charge in [0.25, 0.3) is 0 Å². The third-order valence-electron chi connectivity index (χ3n) is 5.05. The highest BCUT2D eigenvalue weighted by molar-refractivity contribution is 5.46. The van der Waals surface area contributed by atoms with E-state index in [4.69, 9.17) is 9.15 Å². The molecule has 0 saturated carbocycles. The molecule has 1 aromatic heterocycles. The molecule has 1 heterocycles. The van der Waals surface area contributed by atoms with Gasteiger partial charge in [-0.05, 0) is 55.3 Å². The van der Waals surface area contributed by atoms with E-state index in [1.165, 1.54) is 16.8 Å². The van der Waals surface area contributed by atoms with E-state index in [-0.39, 0.29) is 6.61 Å². The minimum atomic E-state index is -0.610. The van der Waals surface area contributed by atoms with Gasteiger partial charge in [0.2, 0.25) is 0 Å². The number of aliphatic hydroxyl groups is 1. The molecule has 0 bridgehead atoms. The molecule has 5 nitrogen and oxygen atoms in total. The fourth-order valence-corrected chi connectivity index (χ4v) is 3.46. The SMILES string of the molecule is Cc1ccc(OCC(O)CN(Cc2ccc(N(C)C)cc2)Cc2ccco2)c(C)c1. The van der Waals surface area contributed by atoms with E-state index in [0.717, 1.165) is 23.6 Å². The molecule has 3 aromatic rings. The molecule has 160 valence electrons. The number of hydrogen-bond donors (Lipinski definition) is 1. The van der Waals surface area contributed by atoms with E-state index >= 15 is 0 Å². The van der Waals surface area contributed by atoms with Crippen LogP contribution in [0.4, 0.5) is 5.69 Å². The summed E-state index contributed by atoms with van der Waals surface area (Å²) in [5.41, 5.74) is 4.63. The Morgan fingerprint density at radius 2 is 1.77 bits per heavy atom. The van der Waals surface area contributed by atoms with Crippen LogP contribution in [-0.4, -0.2) is 43.4 Å². The van der Waals surface area contributed by atoms with Gasteiger partial charge in [-0.1, -0.05) is 29.8 Å². The van der Waals surface area contributed by atoms with Gasteiger partial charge in [0.1, 0.15) is 24.2 Å². The molecule has 30 heavy (non-hydrogen) atoms. The van der Waals surface area contributed by atoms with Gasteiger partial charge in [-0.3, -0.25) is 4.90 Å². The van der Waals surface area contributed by atoms with Gasteiger partial charge >= 0.3 is 0 Å². The zero-order chi connectivity index (χ0) is 21.5. The Morgan fingerprint density at radius 3 is 2.40 bits per heavy atom. The van der Waals surface area contributed by atoms with Crippen molar-refractivity contribution in [3.63, 3.8) is 0 Å². The van der Waals surface area contributed by atoms with E-state index in [9.17, 15) is 5.11 Å². The Hall–Kier alpha value is -2.76. The van der Waals surface area contributed by atoms with Crippen LogP contribution in [-0.2, 0) is 13.1 Å². The topological polar surface area (TPSA) is 49.1 Å². The first-order valence-corrected chi connectivity index (χ1v) is 10.3. The van der Waals surface area contributed by atoms with Crippen molar-refractivity contribution in [1.29, 1.82) is 0 Å². The maximum Gasteiger partial charge on any atom is 0.122 e. The number of nitrogens with zero attached hydrogens (tertiary/aromatic N) is 2. The lowest BCUT2D eigenvalue weighted by atomic mass is 10.1. The molecule has 0 aliphatic carbocycles. The van der Waals surface area contributed by atoms with Crippen molar-refractivity contribution in [2.45, 2.75) is 33.0 Å². The summed E-state index contributed by atoms with van der Waals surface area (Å²) in [6, 6.07) is 18.4. The van der Waals surface area contributed by atoms with Crippen LogP contribution in [0.25, 0.3) is 0 Å². The largest absolute Gasteiger partial charge is 0.491 e. The summed E-state index contributed by atoms with van der Waals surface area (Å²) in [7, 11) is 4.06. The molecule has 0 amide bonds. The fourth-order valence-electron chi connectivity index (χ4n) is 3.46. The average molecular weight is 409 g/mol. The van der Waals surface area contributed by atoms with E-state index in [2.05, 4.69) is 47.1 Å². The lowest BCUT2D eigenvalue weighted by Gasteiger charge is -2.25. The summed E-state index contributed by atoms with van der Waals surface area (Å²) < 4.78 is 11.4. The zero-order valence-corrected chi connectivity index (χ0v) is 18.3. The van der Waals surface area contributed by atoms with Crippen molar-refractivity contribution in [3.05, 3.63) is 83.3 Å². The third-order valence-corrected chi connectivity index (χ3v) is 5.05. The van der Waals surface area contributed by atoms with Gasteiger partial charge in [-0.25, -0.2) is 0 Å². The molecule has 0 fully saturated rings. The van der Waals surface area contributed by atoms with Crippen LogP contribution < -0.4 is 9.64 Å². The second-order valence-corrected chi connectivity index (χ2v) is 8.04. The Morgan fingerprint density at radius 1 is 1.00 bits per heavy atom. The predicted molar refractivity (Wildman–Crippen MR) is 121 cm³/mol. The van der Waals surface area contributed by atoms with Crippen molar-refractivity contribution in [3.8, 4) is 5.75 Å². The van der Waals surface area contributed by atoms with Gasteiger partial charge in [-0.2, -0.15) is 0 Å². The molecule has 0 spiro atoms. The number of rotatable bonds is 10. The molecule has 0 saturated heterocycles. The molecule has 1 atom stereocenters. The molecule has 2 aromatic carbocycles. The van der Waals surface area contributed by atoms with Crippen LogP contribution >= 0.6 is 0 Å². The minimum Gasteiger partial charge on any atom is -0.491 e. The van der Waals surface area contributed by atoms with Gasteiger partial charge < -0.3 is 19.2 Å². The van der Waals surface area contributed by atoms with E-state index in [1.807, 2.05) is 45.3 Å². The molecular weight excluding hydrogens is 376 g/mol. The first-order chi connectivity index (χ1) is 14.4. The van der Waals surface area contributed by atoms with Gasteiger partial charge in [0.15, 0.2) is 0 Å². The summed E-state index contributed by atoms with van der Waals surface area (Å²) in [6.45, 7) is 6.16. The number of aliphatic hydroxyl groups excluding tert-OH is 1. The second-order valence-electron chi connectivity index (χ2n) is 8.04. The number of furan rings is 1. The van der Waals surface area contributed by atoms with Gasteiger partial charge in [0, 0.05) is 32.9 Å². The lowest BCUT2D eigenvalue weighted by Crippen LogP contribution is -2.35. The second kappa shape index (κ2) is 10.3. The molecule has 5 heteroatoms. The smallest absolute Gasteiger partial charge is 0.122 e. The molecule has 0 radical (unpaired) electrons. The van der Waals surface area contributed by atoms with Crippen LogP contribution in [0.3, 0.4) is 0 Å². The fraction of sp³-hybridized carbons (Fsp3) is 0.360. The molecular formula is C25H32N2O3. The Kier molecular flexibility index (Phi) is 7.55. The van der Waals surface area contributed by atoms with Crippen LogP contribution in [0.5, 0.6) is 5.75 Å². The zero-order valence-electron chi connectivity index (χ0n) is 18.3. The quantitative estimate of drug-likeness (QED) is 0.539. The van der Waals surface area contributed by atoms with Gasteiger partial charge in [-0.15, -0.1) is 0 Å². The molecule has 1 N–H and O–H groups in total. The summed E-state index contributed by atoms with van der Waals surface area (Å²) >= 11 is 0. The van der Waals surface area contributed by atoms with Crippen molar-refractivity contribution < 1.29 is 14.3 Å². The first kappa shape index (κ1) is 21.9. The summed E-state index contributed by atoms with van der Waals surface area (Å²) in [6.07, 6.45) is 1.07. The molecule has 0 aliphatic rings.